The van der Waals surface area contributed by atoms with Crippen LogP contribution in [0.15, 0.2) is 0 Å². The first-order valence-corrected chi connectivity index (χ1v) is 7.46. The number of piperidine rings is 1. The summed E-state index contributed by atoms with van der Waals surface area (Å²) in [7, 11) is 0. The highest BCUT2D eigenvalue weighted by Gasteiger charge is 2.28. The lowest BCUT2D eigenvalue weighted by Crippen LogP contribution is -2.49. The summed E-state index contributed by atoms with van der Waals surface area (Å²) in [5.74, 6) is 0.466. The van der Waals surface area contributed by atoms with Gasteiger partial charge in [0.1, 0.15) is 0 Å². The minimum atomic E-state index is 0.131. The molecule has 0 spiro atoms. The molecule has 2 unspecified atom stereocenters. The van der Waals surface area contributed by atoms with Crippen LogP contribution in [0.25, 0.3) is 0 Å². The second kappa shape index (κ2) is 6.53. The maximum absolute atomic E-state index is 12.3. The molecule has 0 aromatic rings. The van der Waals surface area contributed by atoms with Gasteiger partial charge in [-0.2, -0.15) is 0 Å². The van der Waals surface area contributed by atoms with Crippen molar-refractivity contribution in [3.63, 3.8) is 0 Å². The van der Waals surface area contributed by atoms with E-state index < -0.39 is 0 Å². The number of nitrogens with one attached hydrogen (secondary N) is 1. The highest BCUT2D eigenvalue weighted by atomic mass is 16.2. The zero-order valence-electron chi connectivity index (χ0n) is 11.8. The van der Waals surface area contributed by atoms with E-state index in [2.05, 4.69) is 22.0 Å². The number of hydrogen-bond donors (Lipinski definition) is 1. The number of nitrogens with zero attached hydrogens (tertiary/aromatic N) is 2. The van der Waals surface area contributed by atoms with Crippen LogP contribution in [0.5, 0.6) is 0 Å². The number of likely N-dealkylation sites (N-methyl/N-ethyl adjacent to an activating group) is 1. The molecule has 2 heterocycles. The van der Waals surface area contributed by atoms with Crippen LogP contribution >= 0.6 is 0 Å². The van der Waals surface area contributed by atoms with Crippen molar-refractivity contribution in [2.45, 2.75) is 39.2 Å². The topological polar surface area (TPSA) is 35.6 Å². The Morgan fingerprint density at radius 3 is 2.94 bits per heavy atom. The molecular weight excluding hydrogens is 226 g/mol. The summed E-state index contributed by atoms with van der Waals surface area (Å²) in [5.41, 5.74) is 0. The van der Waals surface area contributed by atoms with E-state index in [9.17, 15) is 4.79 Å². The van der Waals surface area contributed by atoms with Crippen LogP contribution < -0.4 is 5.32 Å². The monoisotopic (exact) mass is 253 g/mol. The molecule has 0 bridgehead atoms. The van der Waals surface area contributed by atoms with Crippen molar-refractivity contribution in [1.29, 1.82) is 0 Å². The smallest absolute Gasteiger partial charge is 0.226 e. The summed E-state index contributed by atoms with van der Waals surface area (Å²) in [6, 6.07) is 0.581. The average molecular weight is 253 g/mol. The Balaban J connectivity index is 1.95. The number of hydrogen-bond acceptors (Lipinski definition) is 3. The zero-order valence-corrected chi connectivity index (χ0v) is 11.8. The first kappa shape index (κ1) is 13.8. The van der Waals surface area contributed by atoms with Gasteiger partial charge in [0.2, 0.25) is 5.91 Å². The fourth-order valence-electron chi connectivity index (χ4n) is 3.16. The third-order valence-corrected chi connectivity index (χ3v) is 4.33. The third-order valence-electron chi connectivity index (χ3n) is 4.33. The summed E-state index contributed by atoms with van der Waals surface area (Å²) >= 11 is 0. The molecule has 2 atom stereocenters. The van der Waals surface area contributed by atoms with Crippen molar-refractivity contribution in [2.75, 3.05) is 39.3 Å². The lowest BCUT2D eigenvalue weighted by molar-refractivity contribution is -0.134. The number of carbonyl (C=O) groups is 1. The van der Waals surface area contributed by atoms with Crippen molar-refractivity contribution in [1.82, 2.24) is 15.1 Å². The van der Waals surface area contributed by atoms with Crippen LogP contribution in [-0.4, -0.2) is 61.0 Å². The molecule has 4 nitrogen and oxygen atoms in total. The molecule has 0 aromatic heterocycles. The van der Waals surface area contributed by atoms with Crippen LogP contribution in [0.1, 0.15) is 33.1 Å². The van der Waals surface area contributed by atoms with Gasteiger partial charge in [0, 0.05) is 38.1 Å². The molecular formula is C14H27N3O. The molecule has 2 rings (SSSR count). The Kier molecular flexibility index (Phi) is 5.01. The number of rotatable bonds is 3. The SMILES string of the molecule is CCN1CCCCC1CN1CCNCC(C)C1=O. The van der Waals surface area contributed by atoms with E-state index in [1.54, 1.807) is 0 Å². The number of amides is 1. The van der Waals surface area contributed by atoms with E-state index in [1.165, 1.54) is 25.8 Å². The van der Waals surface area contributed by atoms with E-state index in [4.69, 9.17) is 0 Å². The molecule has 2 fully saturated rings. The minimum Gasteiger partial charge on any atom is -0.340 e. The van der Waals surface area contributed by atoms with Gasteiger partial charge in [0.05, 0.1) is 0 Å². The predicted molar refractivity (Wildman–Crippen MR) is 73.5 cm³/mol. The van der Waals surface area contributed by atoms with Gasteiger partial charge in [0.15, 0.2) is 0 Å². The summed E-state index contributed by atoms with van der Waals surface area (Å²) in [6.07, 6.45) is 3.88. The quantitative estimate of drug-likeness (QED) is 0.813. The van der Waals surface area contributed by atoms with E-state index in [0.717, 1.165) is 32.7 Å². The molecule has 104 valence electrons. The van der Waals surface area contributed by atoms with Gasteiger partial charge in [-0.15, -0.1) is 0 Å². The molecule has 2 aliphatic heterocycles. The van der Waals surface area contributed by atoms with Crippen LogP contribution in [0.3, 0.4) is 0 Å². The van der Waals surface area contributed by atoms with Crippen LogP contribution in [-0.2, 0) is 4.79 Å². The molecule has 2 saturated heterocycles. The van der Waals surface area contributed by atoms with Crippen LogP contribution in [0, 0.1) is 5.92 Å². The van der Waals surface area contributed by atoms with Gasteiger partial charge in [0.25, 0.3) is 0 Å². The Hall–Kier alpha value is -0.610. The van der Waals surface area contributed by atoms with Gasteiger partial charge in [-0.3, -0.25) is 9.69 Å². The molecule has 0 aliphatic carbocycles. The molecule has 0 radical (unpaired) electrons. The maximum atomic E-state index is 12.3. The molecule has 1 N–H and O–H groups in total. The van der Waals surface area contributed by atoms with Crippen LogP contribution in [0.2, 0.25) is 0 Å². The van der Waals surface area contributed by atoms with Gasteiger partial charge < -0.3 is 10.2 Å². The third kappa shape index (κ3) is 3.23. The summed E-state index contributed by atoms with van der Waals surface area (Å²) < 4.78 is 0. The highest BCUT2D eigenvalue weighted by molar-refractivity contribution is 5.79. The van der Waals surface area contributed by atoms with Gasteiger partial charge in [-0.25, -0.2) is 0 Å². The second-order valence-electron chi connectivity index (χ2n) is 5.67. The lowest BCUT2D eigenvalue weighted by atomic mass is 10.0. The van der Waals surface area contributed by atoms with Crippen molar-refractivity contribution in [3.05, 3.63) is 0 Å². The summed E-state index contributed by atoms with van der Waals surface area (Å²) in [4.78, 5) is 16.9. The Bertz CT molecular complexity index is 282. The molecule has 1 amide bonds. The second-order valence-corrected chi connectivity index (χ2v) is 5.67. The van der Waals surface area contributed by atoms with Gasteiger partial charge >= 0.3 is 0 Å². The van der Waals surface area contributed by atoms with E-state index in [0.29, 0.717) is 11.9 Å². The Labute approximate surface area is 111 Å². The van der Waals surface area contributed by atoms with E-state index in [1.807, 2.05) is 6.92 Å². The molecule has 4 heteroatoms. The Morgan fingerprint density at radius 2 is 2.17 bits per heavy atom. The predicted octanol–water partition coefficient (Wildman–Crippen LogP) is 0.929. The van der Waals surface area contributed by atoms with Crippen molar-refractivity contribution >= 4 is 5.91 Å². The maximum Gasteiger partial charge on any atom is 0.226 e. The number of likely N-dealkylation sites (tertiary alicyclic amines) is 1. The molecule has 0 saturated carbocycles. The van der Waals surface area contributed by atoms with Gasteiger partial charge in [-0.1, -0.05) is 20.3 Å². The first-order chi connectivity index (χ1) is 8.72. The summed E-state index contributed by atoms with van der Waals surface area (Å²) in [5, 5.41) is 3.34. The Morgan fingerprint density at radius 1 is 1.33 bits per heavy atom. The van der Waals surface area contributed by atoms with Crippen molar-refractivity contribution in [3.8, 4) is 0 Å². The molecule has 2 aliphatic rings. The first-order valence-electron chi connectivity index (χ1n) is 7.46. The zero-order chi connectivity index (χ0) is 13.0. The molecule has 0 aromatic carbocycles. The average Bonchev–Trinajstić information content (AvgIpc) is 2.55. The number of carbonyl (C=O) groups excluding carboxylic acids is 1. The lowest BCUT2D eigenvalue weighted by Gasteiger charge is -2.38. The van der Waals surface area contributed by atoms with Crippen molar-refractivity contribution in [2.24, 2.45) is 5.92 Å². The highest BCUT2D eigenvalue weighted by Crippen LogP contribution is 2.18. The van der Waals surface area contributed by atoms with E-state index in [-0.39, 0.29) is 5.92 Å². The van der Waals surface area contributed by atoms with Gasteiger partial charge in [-0.05, 0) is 25.9 Å². The normalized spacial score (nSPS) is 31.4. The van der Waals surface area contributed by atoms with Crippen LogP contribution in [0.4, 0.5) is 0 Å². The minimum absolute atomic E-state index is 0.131. The van der Waals surface area contributed by atoms with Crippen molar-refractivity contribution < 1.29 is 4.79 Å². The van der Waals surface area contributed by atoms with E-state index >= 15 is 0 Å². The fourth-order valence-corrected chi connectivity index (χ4v) is 3.16. The largest absolute Gasteiger partial charge is 0.340 e. The standard InChI is InChI=1S/C14H27N3O/c1-3-16-8-5-4-6-13(16)11-17-9-7-15-10-12(2)14(17)18/h12-13,15H,3-11H2,1-2H3. The fraction of sp³-hybridized carbons (Fsp3) is 0.929. The summed E-state index contributed by atoms with van der Waals surface area (Å²) in [6.45, 7) is 10.2. The molecule has 18 heavy (non-hydrogen) atoms.